The van der Waals surface area contributed by atoms with Gasteiger partial charge in [0.1, 0.15) is 0 Å². The molecule has 1 saturated heterocycles. The number of amides is 1. The largest absolute Gasteiger partial charge is 0.373 e. The first kappa shape index (κ1) is 12.4. The average molecular weight is 215 g/mol. The van der Waals surface area contributed by atoms with E-state index < -0.39 is 0 Å². The Bertz CT molecular complexity index is 201. The lowest BCUT2D eigenvalue weighted by Gasteiger charge is -2.34. The van der Waals surface area contributed by atoms with Gasteiger partial charge in [0.05, 0.1) is 18.8 Å². The molecule has 0 aromatic heterocycles. The van der Waals surface area contributed by atoms with Crippen LogP contribution in [0.2, 0.25) is 0 Å². The van der Waals surface area contributed by atoms with Crippen LogP contribution in [0, 0.1) is 0 Å². The van der Waals surface area contributed by atoms with Gasteiger partial charge < -0.3 is 15.8 Å². The van der Waals surface area contributed by atoms with E-state index in [0.717, 1.165) is 13.1 Å². The van der Waals surface area contributed by atoms with Crippen LogP contribution in [0.15, 0.2) is 0 Å². The van der Waals surface area contributed by atoms with Crippen molar-refractivity contribution in [3.8, 4) is 0 Å². The zero-order valence-electron chi connectivity index (χ0n) is 9.53. The first-order valence-corrected chi connectivity index (χ1v) is 5.46. The Morgan fingerprint density at radius 3 is 2.60 bits per heavy atom. The highest BCUT2D eigenvalue weighted by Crippen LogP contribution is 2.09. The van der Waals surface area contributed by atoms with Gasteiger partial charge in [0.15, 0.2) is 0 Å². The summed E-state index contributed by atoms with van der Waals surface area (Å²) in [6, 6.07) is 0. The van der Waals surface area contributed by atoms with Crippen molar-refractivity contribution in [3.05, 3.63) is 0 Å². The molecule has 3 N–H and O–H groups in total. The molecule has 0 unspecified atom stereocenters. The standard InChI is InChI=1S/C10H21N3O2/c1-8-5-13(6-9(2)15-8)7-10(14)12-4-3-11/h8-9H,3-7,11H2,1-2H3,(H,12,14)/t8-,9+. The zero-order chi connectivity index (χ0) is 11.3. The molecule has 0 aliphatic carbocycles. The first-order valence-electron chi connectivity index (χ1n) is 5.46. The van der Waals surface area contributed by atoms with Crippen molar-refractivity contribution in [2.45, 2.75) is 26.1 Å². The average Bonchev–Trinajstić information content (AvgIpc) is 2.13. The second-order valence-electron chi connectivity index (χ2n) is 4.09. The minimum Gasteiger partial charge on any atom is -0.373 e. The quantitative estimate of drug-likeness (QED) is 0.642. The third-order valence-electron chi connectivity index (χ3n) is 2.33. The predicted molar refractivity (Wildman–Crippen MR) is 58.5 cm³/mol. The topological polar surface area (TPSA) is 67.6 Å². The molecule has 5 nitrogen and oxygen atoms in total. The number of carbonyl (C=O) groups is 1. The van der Waals surface area contributed by atoms with Crippen molar-refractivity contribution >= 4 is 5.91 Å². The number of nitrogens with two attached hydrogens (primary N) is 1. The molecule has 1 heterocycles. The molecule has 0 radical (unpaired) electrons. The van der Waals surface area contributed by atoms with Gasteiger partial charge in [0, 0.05) is 26.2 Å². The predicted octanol–water partition coefficient (Wildman–Crippen LogP) is -0.829. The summed E-state index contributed by atoms with van der Waals surface area (Å²) in [6.45, 7) is 7.18. The van der Waals surface area contributed by atoms with E-state index in [0.29, 0.717) is 19.6 Å². The van der Waals surface area contributed by atoms with E-state index in [9.17, 15) is 4.79 Å². The highest BCUT2D eigenvalue weighted by atomic mass is 16.5. The van der Waals surface area contributed by atoms with Crippen molar-refractivity contribution in [1.82, 2.24) is 10.2 Å². The van der Waals surface area contributed by atoms with Gasteiger partial charge in [-0.2, -0.15) is 0 Å². The fourth-order valence-electron chi connectivity index (χ4n) is 1.88. The number of ether oxygens (including phenoxy) is 1. The molecule has 1 aliphatic rings. The van der Waals surface area contributed by atoms with Gasteiger partial charge in [-0.05, 0) is 13.8 Å². The SMILES string of the molecule is C[C@@H]1CN(CC(=O)NCCN)C[C@H](C)O1. The molecule has 0 aromatic rings. The van der Waals surface area contributed by atoms with Crippen LogP contribution in [0.1, 0.15) is 13.8 Å². The van der Waals surface area contributed by atoms with Gasteiger partial charge in [0.25, 0.3) is 0 Å². The Hall–Kier alpha value is -0.650. The fourth-order valence-corrected chi connectivity index (χ4v) is 1.88. The Morgan fingerprint density at radius 2 is 2.07 bits per heavy atom. The summed E-state index contributed by atoms with van der Waals surface area (Å²) in [5.74, 6) is 0.0433. The van der Waals surface area contributed by atoms with Gasteiger partial charge in [0.2, 0.25) is 5.91 Å². The lowest BCUT2D eigenvalue weighted by molar-refractivity contribution is -0.125. The number of carbonyl (C=O) groups excluding carboxylic acids is 1. The van der Waals surface area contributed by atoms with Crippen LogP contribution in [-0.4, -0.2) is 55.7 Å². The molecular weight excluding hydrogens is 194 g/mol. The van der Waals surface area contributed by atoms with Crippen molar-refractivity contribution in [1.29, 1.82) is 0 Å². The van der Waals surface area contributed by atoms with E-state index in [-0.39, 0.29) is 18.1 Å². The van der Waals surface area contributed by atoms with E-state index in [1.807, 2.05) is 13.8 Å². The number of hydrogen-bond donors (Lipinski definition) is 2. The molecule has 0 aromatic carbocycles. The highest BCUT2D eigenvalue weighted by molar-refractivity contribution is 5.78. The van der Waals surface area contributed by atoms with Crippen LogP contribution in [0.3, 0.4) is 0 Å². The van der Waals surface area contributed by atoms with Crippen LogP contribution < -0.4 is 11.1 Å². The summed E-state index contributed by atoms with van der Waals surface area (Å²) in [5.41, 5.74) is 5.31. The summed E-state index contributed by atoms with van der Waals surface area (Å²) >= 11 is 0. The first-order chi connectivity index (χ1) is 7.11. The van der Waals surface area contributed by atoms with Gasteiger partial charge in [-0.25, -0.2) is 0 Å². The molecule has 0 bridgehead atoms. The van der Waals surface area contributed by atoms with Crippen LogP contribution in [0.4, 0.5) is 0 Å². The summed E-state index contributed by atoms with van der Waals surface area (Å²) in [4.78, 5) is 13.6. The van der Waals surface area contributed by atoms with Crippen molar-refractivity contribution in [3.63, 3.8) is 0 Å². The van der Waals surface area contributed by atoms with Gasteiger partial charge in [-0.1, -0.05) is 0 Å². The maximum absolute atomic E-state index is 11.4. The smallest absolute Gasteiger partial charge is 0.234 e. The molecule has 88 valence electrons. The minimum absolute atomic E-state index is 0.0433. The van der Waals surface area contributed by atoms with E-state index in [2.05, 4.69) is 10.2 Å². The number of nitrogens with one attached hydrogen (secondary N) is 1. The summed E-state index contributed by atoms with van der Waals surface area (Å²) in [5, 5.41) is 2.76. The number of morpholine rings is 1. The second kappa shape index (κ2) is 6.05. The molecule has 1 aliphatic heterocycles. The number of rotatable bonds is 4. The molecule has 5 heteroatoms. The number of nitrogens with zero attached hydrogens (tertiary/aromatic N) is 1. The lowest BCUT2D eigenvalue weighted by atomic mass is 10.2. The molecule has 1 rings (SSSR count). The molecular formula is C10H21N3O2. The van der Waals surface area contributed by atoms with E-state index in [1.165, 1.54) is 0 Å². The third-order valence-corrected chi connectivity index (χ3v) is 2.33. The van der Waals surface area contributed by atoms with Crippen LogP contribution in [-0.2, 0) is 9.53 Å². The van der Waals surface area contributed by atoms with Crippen LogP contribution in [0.25, 0.3) is 0 Å². The van der Waals surface area contributed by atoms with E-state index >= 15 is 0 Å². The van der Waals surface area contributed by atoms with Gasteiger partial charge in [-0.3, -0.25) is 9.69 Å². The summed E-state index contributed by atoms with van der Waals surface area (Å²) < 4.78 is 5.59. The minimum atomic E-state index is 0.0433. The Labute approximate surface area is 90.9 Å². The van der Waals surface area contributed by atoms with Crippen molar-refractivity contribution in [2.75, 3.05) is 32.7 Å². The molecule has 2 atom stereocenters. The maximum Gasteiger partial charge on any atom is 0.234 e. The van der Waals surface area contributed by atoms with Gasteiger partial charge in [-0.15, -0.1) is 0 Å². The summed E-state index contributed by atoms with van der Waals surface area (Å²) in [7, 11) is 0. The normalized spacial score (nSPS) is 27.7. The molecule has 1 amide bonds. The lowest BCUT2D eigenvalue weighted by Crippen LogP contribution is -2.49. The van der Waals surface area contributed by atoms with Gasteiger partial charge >= 0.3 is 0 Å². The third kappa shape index (κ3) is 4.59. The second-order valence-corrected chi connectivity index (χ2v) is 4.09. The zero-order valence-corrected chi connectivity index (χ0v) is 9.53. The van der Waals surface area contributed by atoms with Crippen molar-refractivity contribution < 1.29 is 9.53 Å². The Morgan fingerprint density at radius 1 is 1.47 bits per heavy atom. The van der Waals surface area contributed by atoms with Crippen molar-refractivity contribution in [2.24, 2.45) is 5.73 Å². The molecule has 15 heavy (non-hydrogen) atoms. The Balaban J connectivity index is 2.27. The Kier molecular flexibility index (Phi) is 5.01. The molecule has 0 spiro atoms. The van der Waals surface area contributed by atoms with E-state index in [4.69, 9.17) is 10.5 Å². The molecule has 0 saturated carbocycles. The summed E-state index contributed by atoms with van der Waals surface area (Å²) in [6.07, 6.45) is 0.409. The number of hydrogen-bond acceptors (Lipinski definition) is 4. The molecule has 1 fully saturated rings. The van der Waals surface area contributed by atoms with Crippen LogP contribution >= 0.6 is 0 Å². The highest BCUT2D eigenvalue weighted by Gasteiger charge is 2.23. The maximum atomic E-state index is 11.4. The van der Waals surface area contributed by atoms with E-state index in [1.54, 1.807) is 0 Å². The van der Waals surface area contributed by atoms with Crippen LogP contribution in [0.5, 0.6) is 0 Å². The monoisotopic (exact) mass is 215 g/mol. The fraction of sp³-hybridized carbons (Fsp3) is 0.900.